The number of nitro benzene ring substituents is 1. The Kier molecular flexibility index (Phi) is 12.1. The van der Waals surface area contributed by atoms with Gasteiger partial charge < -0.3 is 0 Å². The molecule has 0 saturated heterocycles. The van der Waals surface area contributed by atoms with Crippen LogP contribution in [0.2, 0.25) is 0 Å². The highest BCUT2D eigenvalue weighted by molar-refractivity contribution is 6.06. The van der Waals surface area contributed by atoms with Crippen molar-refractivity contribution in [1.82, 2.24) is 0 Å². The molecule has 0 spiro atoms. The number of allylic oxidation sites excluding steroid dienone is 1. The molecular weight excluding hydrogens is 482 g/mol. The van der Waals surface area contributed by atoms with Gasteiger partial charge >= 0.3 is 0 Å². The number of ketones is 1. The van der Waals surface area contributed by atoms with Gasteiger partial charge in [-0.3, -0.25) is 14.9 Å². The minimum Gasteiger partial charge on any atom is -0.289 e. The fourth-order valence-electron chi connectivity index (χ4n) is 5.16. The van der Waals surface area contributed by atoms with Crippen molar-refractivity contribution in [2.75, 3.05) is 0 Å². The lowest BCUT2D eigenvalue weighted by Crippen LogP contribution is -1.99. The summed E-state index contributed by atoms with van der Waals surface area (Å²) >= 11 is 0. The molecule has 0 unspecified atom stereocenters. The van der Waals surface area contributed by atoms with Gasteiger partial charge in [-0.1, -0.05) is 112 Å². The lowest BCUT2D eigenvalue weighted by atomic mass is 9.97. The third-order valence-electron chi connectivity index (χ3n) is 7.57. The first-order valence-corrected chi connectivity index (χ1v) is 14.5. The summed E-state index contributed by atoms with van der Waals surface area (Å²) in [5, 5.41) is 11.7. The Morgan fingerprint density at radius 3 is 2.08 bits per heavy atom. The van der Waals surface area contributed by atoms with E-state index in [0.29, 0.717) is 12.0 Å². The molecule has 39 heavy (non-hydrogen) atoms. The SMILES string of the molecule is CCc1ccc(C(=O)C=Cc2cccc([N+](=O)[O-])c2CCCCCCCCCCc2ccc(C)cc2C)cc1. The fraction of sp³-hybridized carbons (Fsp3) is 0.400. The summed E-state index contributed by atoms with van der Waals surface area (Å²) in [5.74, 6) is -0.0934. The number of hydrogen-bond acceptors (Lipinski definition) is 3. The molecule has 0 fully saturated rings. The summed E-state index contributed by atoms with van der Waals surface area (Å²) in [6.45, 7) is 6.43. The topological polar surface area (TPSA) is 60.2 Å². The number of carbonyl (C=O) groups excluding carboxylic acids is 1. The number of benzene rings is 3. The molecule has 0 atom stereocenters. The van der Waals surface area contributed by atoms with Crippen molar-refractivity contribution in [1.29, 1.82) is 0 Å². The van der Waals surface area contributed by atoms with Crippen molar-refractivity contribution in [3.05, 3.63) is 116 Å². The van der Waals surface area contributed by atoms with Gasteiger partial charge in [-0.15, -0.1) is 0 Å². The molecule has 0 saturated carbocycles. The van der Waals surface area contributed by atoms with Gasteiger partial charge in [-0.05, 0) is 74.3 Å². The van der Waals surface area contributed by atoms with Crippen LogP contribution in [0.25, 0.3) is 6.08 Å². The summed E-state index contributed by atoms with van der Waals surface area (Å²) in [5.41, 5.74) is 7.63. The van der Waals surface area contributed by atoms with Gasteiger partial charge in [0.05, 0.1) is 4.92 Å². The number of hydrogen-bond donors (Lipinski definition) is 0. The van der Waals surface area contributed by atoms with E-state index < -0.39 is 0 Å². The Labute approximate surface area is 234 Å². The van der Waals surface area contributed by atoms with Crippen LogP contribution >= 0.6 is 0 Å². The van der Waals surface area contributed by atoms with Gasteiger partial charge in [0.15, 0.2) is 5.78 Å². The molecule has 0 bridgehead atoms. The van der Waals surface area contributed by atoms with E-state index in [1.165, 1.54) is 60.4 Å². The molecule has 0 amide bonds. The Morgan fingerprint density at radius 2 is 1.46 bits per heavy atom. The van der Waals surface area contributed by atoms with Crippen molar-refractivity contribution in [3.63, 3.8) is 0 Å². The van der Waals surface area contributed by atoms with Gasteiger partial charge in [0.25, 0.3) is 5.69 Å². The summed E-state index contributed by atoms with van der Waals surface area (Å²) in [6, 6.07) is 19.5. The molecular formula is C35H43NO3. The van der Waals surface area contributed by atoms with Crippen LogP contribution in [0.5, 0.6) is 0 Å². The number of carbonyl (C=O) groups is 1. The quantitative estimate of drug-likeness (QED) is 0.0615. The van der Waals surface area contributed by atoms with Gasteiger partial charge in [0.1, 0.15) is 0 Å². The smallest absolute Gasteiger partial charge is 0.273 e. The second-order valence-electron chi connectivity index (χ2n) is 10.6. The maximum Gasteiger partial charge on any atom is 0.273 e. The van der Waals surface area contributed by atoms with Gasteiger partial charge in [0, 0.05) is 17.2 Å². The molecule has 206 valence electrons. The molecule has 0 N–H and O–H groups in total. The Morgan fingerprint density at radius 1 is 0.821 bits per heavy atom. The second-order valence-corrected chi connectivity index (χ2v) is 10.6. The van der Waals surface area contributed by atoms with Crippen molar-refractivity contribution in [3.8, 4) is 0 Å². The zero-order valence-electron chi connectivity index (χ0n) is 23.9. The first-order chi connectivity index (χ1) is 18.9. The average Bonchev–Trinajstić information content (AvgIpc) is 2.93. The molecule has 0 radical (unpaired) electrons. The summed E-state index contributed by atoms with van der Waals surface area (Å²) in [7, 11) is 0. The normalized spacial score (nSPS) is 11.3. The maximum atomic E-state index is 12.7. The highest BCUT2D eigenvalue weighted by Crippen LogP contribution is 2.26. The minimum absolute atomic E-state index is 0.0934. The molecule has 4 heteroatoms. The molecule has 0 aromatic heterocycles. The van der Waals surface area contributed by atoms with E-state index in [1.54, 1.807) is 18.2 Å². The van der Waals surface area contributed by atoms with Gasteiger partial charge in [-0.2, -0.15) is 0 Å². The third-order valence-corrected chi connectivity index (χ3v) is 7.57. The minimum atomic E-state index is -0.309. The standard InChI is InChI=1S/C35H43NO3/c1-4-29-19-22-32(23-20-29)35(37)25-24-31-15-13-17-34(36(38)39)33(31)16-12-10-8-6-5-7-9-11-14-30-21-18-27(2)26-28(30)3/h13,15,17-26H,4-12,14,16H2,1-3H3. The van der Waals surface area contributed by atoms with Crippen molar-refractivity contribution >= 4 is 17.5 Å². The van der Waals surface area contributed by atoms with Crippen molar-refractivity contribution in [2.45, 2.75) is 91.4 Å². The van der Waals surface area contributed by atoms with Gasteiger partial charge in [0.2, 0.25) is 0 Å². The molecule has 0 aliphatic carbocycles. The van der Waals surface area contributed by atoms with E-state index in [0.717, 1.165) is 43.2 Å². The van der Waals surface area contributed by atoms with Crippen LogP contribution in [-0.2, 0) is 19.3 Å². The van der Waals surface area contributed by atoms with Crippen molar-refractivity contribution in [2.24, 2.45) is 0 Å². The summed E-state index contributed by atoms with van der Waals surface area (Å²) in [6.07, 6.45) is 15.3. The van der Waals surface area contributed by atoms with E-state index >= 15 is 0 Å². The second kappa shape index (κ2) is 15.8. The van der Waals surface area contributed by atoms with Crippen LogP contribution < -0.4 is 0 Å². The largest absolute Gasteiger partial charge is 0.289 e. The number of unbranched alkanes of at least 4 members (excludes halogenated alkanes) is 7. The number of nitro groups is 1. The van der Waals surface area contributed by atoms with E-state index in [1.807, 2.05) is 30.3 Å². The maximum absolute atomic E-state index is 12.7. The first kappa shape index (κ1) is 30.0. The Balaban J connectivity index is 1.43. The summed E-state index contributed by atoms with van der Waals surface area (Å²) in [4.78, 5) is 24.0. The zero-order valence-corrected chi connectivity index (χ0v) is 23.9. The zero-order chi connectivity index (χ0) is 28.0. The fourth-order valence-corrected chi connectivity index (χ4v) is 5.16. The lowest BCUT2D eigenvalue weighted by molar-refractivity contribution is -0.385. The number of rotatable bonds is 16. The van der Waals surface area contributed by atoms with E-state index in [9.17, 15) is 14.9 Å². The van der Waals surface area contributed by atoms with Crippen LogP contribution in [-0.4, -0.2) is 10.7 Å². The highest BCUT2D eigenvalue weighted by atomic mass is 16.6. The summed E-state index contributed by atoms with van der Waals surface area (Å²) < 4.78 is 0. The number of aryl methyl sites for hydroxylation is 4. The molecule has 0 heterocycles. The molecule has 3 aromatic rings. The lowest BCUT2D eigenvalue weighted by Gasteiger charge is -2.08. The van der Waals surface area contributed by atoms with Crippen molar-refractivity contribution < 1.29 is 9.72 Å². The monoisotopic (exact) mass is 525 g/mol. The van der Waals surface area contributed by atoms with E-state index in [2.05, 4.69) is 39.0 Å². The predicted molar refractivity (Wildman–Crippen MR) is 163 cm³/mol. The molecule has 3 aromatic carbocycles. The van der Waals surface area contributed by atoms with Crippen LogP contribution in [0.4, 0.5) is 5.69 Å². The average molecular weight is 526 g/mol. The van der Waals surface area contributed by atoms with E-state index in [-0.39, 0.29) is 16.4 Å². The van der Waals surface area contributed by atoms with Crippen LogP contribution in [0.15, 0.2) is 66.7 Å². The molecule has 0 aliphatic rings. The highest BCUT2D eigenvalue weighted by Gasteiger charge is 2.16. The Hall–Kier alpha value is -3.53. The van der Waals surface area contributed by atoms with Gasteiger partial charge in [-0.25, -0.2) is 0 Å². The third kappa shape index (κ3) is 9.62. The molecule has 0 aliphatic heterocycles. The molecule has 3 rings (SSSR count). The predicted octanol–water partition coefficient (Wildman–Crippen LogP) is 9.58. The Bertz CT molecular complexity index is 1260. The van der Waals surface area contributed by atoms with Crippen LogP contribution in [0, 0.1) is 24.0 Å². The number of nitrogens with zero attached hydrogens (tertiary/aromatic N) is 1. The van der Waals surface area contributed by atoms with Crippen LogP contribution in [0.3, 0.4) is 0 Å². The molecule has 4 nitrogen and oxygen atoms in total. The van der Waals surface area contributed by atoms with Crippen LogP contribution in [0.1, 0.15) is 102 Å². The van der Waals surface area contributed by atoms with E-state index in [4.69, 9.17) is 0 Å². The first-order valence-electron chi connectivity index (χ1n) is 14.5.